The Morgan fingerprint density at radius 3 is 2.00 bits per heavy atom. The number of rotatable bonds is 3. The number of aryl methyl sites for hydroxylation is 1. The van der Waals surface area contributed by atoms with Crippen molar-refractivity contribution in [3.8, 4) is 0 Å². The number of hydrogen-bond acceptors (Lipinski definition) is 4. The minimum absolute atomic E-state index is 0.123. The molecule has 1 aromatic rings. The summed E-state index contributed by atoms with van der Waals surface area (Å²) in [6, 6.07) is 3.56. The minimum Gasteiger partial charge on any atom is -0.282 e. The smallest absolute Gasteiger partial charge is 0.282 e. The molecule has 0 fully saturated rings. The van der Waals surface area contributed by atoms with Crippen LogP contribution in [0, 0.1) is 0 Å². The molecule has 0 unspecified atom stereocenters. The van der Waals surface area contributed by atoms with Gasteiger partial charge in [-0.3, -0.25) is 9.11 Å². The molecule has 16 heavy (non-hydrogen) atoms. The first-order valence-electron chi connectivity index (χ1n) is 4.24. The van der Waals surface area contributed by atoms with Crippen LogP contribution in [-0.4, -0.2) is 25.9 Å². The standard InChI is InChI=1S/C8H10O6S2/c1-2-6-4-3-5-7(15(9,10)11)8(6)16(12,13)14/h3-5H,2H2,1H3,(H,9,10,11)(H,12,13,14). The van der Waals surface area contributed by atoms with Crippen LogP contribution in [0.5, 0.6) is 0 Å². The van der Waals surface area contributed by atoms with E-state index in [0.717, 1.165) is 6.07 Å². The molecule has 0 bridgehead atoms. The first-order valence-corrected chi connectivity index (χ1v) is 7.12. The van der Waals surface area contributed by atoms with E-state index in [1.54, 1.807) is 6.92 Å². The molecule has 90 valence electrons. The topological polar surface area (TPSA) is 109 Å². The van der Waals surface area contributed by atoms with Crippen molar-refractivity contribution in [3.05, 3.63) is 23.8 Å². The van der Waals surface area contributed by atoms with Crippen LogP contribution in [-0.2, 0) is 26.7 Å². The summed E-state index contributed by atoms with van der Waals surface area (Å²) in [4.78, 5) is -1.57. The monoisotopic (exact) mass is 266 g/mol. The van der Waals surface area contributed by atoms with Gasteiger partial charge in [-0.05, 0) is 18.1 Å². The van der Waals surface area contributed by atoms with Crippen LogP contribution in [0.1, 0.15) is 12.5 Å². The lowest BCUT2D eigenvalue weighted by Crippen LogP contribution is -2.11. The molecule has 0 saturated heterocycles. The Morgan fingerprint density at radius 2 is 1.62 bits per heavy atom. The summed E-state index contributed by atoms with van der Waals surface area (Å²) < 4.78 is 61.8. The summed E-state index contributed by atoms with van der Waals surface area (Å²) >= 11 is 0. The second-order valence-corrected chi connectivity index (χ2v) is 5.80. The van der Waals surface area contributed by atoms with Crippen LogP contribution in [0.25, 0.3) is 0 Å². The molecule has 1 rings (SSSR count). The quantitative estimate of drug-likeness (QED) is 0.781. The van der Waals surface area contributed by atoms with Crippen molar-refractivity contribution in [1.29, 1.82) is 0 Å². The summed E-state index contributed by atoms with van der Waals surface area (Å²) in [5, 5.41) is 0. The van der Waals surface area contributed by atoms with Crippen LogP contribution in [0.4, 0.5) is 0 Å². The zero-order valence-electron chi connectivity index (χ0n) is 8.28. The predicted molar refractivity (Wildman–Crippen MR) is 55.4 cm³/mol. The van der Waals surface area contributed by atoms with Gasteiger partial charge in [0.05, 0.1) is 0 Å². The molecule has 0 amide bonds. The Labute approximate surface area is 93.4 Å². The second-order valence-electron chi connectivity index (χ2n) is 3.05. The van der Waals surface area contributed by atoms with Crippen LogP contribution < -0.4 is 0 Å². The SMILES string of the molecule is CCc1cccc(S(=O)(=O)O)c1S(=O)(=O)O. The zero-order valence-corrected chi connectivity index (χ0v) is 9.92. The zero-order chi connectivity index (χ0) is 12.6. The van der Waals surface area contributed by atoms with Crippen molar-refractivity contribution < 1.29 is 25.9 Å². The van der Waals surface area contributed by atoms with Crippen molar-refractivity contribution in [1.82, 2.24) is 0 Å². The third-order valence-corrected chi connectivity index (χ3v) is 4.00. The predicted octanol–water partition coefficient (Wildman–Crippen LogP) is 0.742. The molecule has 0 radical (unpaired) electrons. The van der Waals surface area contributed by atoms with Crippen molar-refractivity contribution in [3.63, 3.8) is 0 Å². The number of benzene rings is 1. The molecule has 0 heterocycles. The Balaban J connectivity index is 3.79. The van der Waals surface area contributed by atoms with Gasteiger partial charge in [0.2, 0.25) is 0 Å². The average Bonchev–Trinajstić information content (AvgIpc) is 2.13. The average molecular weight is 266 g/mol. The summed E-state index contributed by atoms with van der Waals surface area (Å²) in [7, 11) is -9.39. The van der Waals surface area contributed by atoms with E-state index in [0.29, 0.717) is 0 Å². The van der Waals surface area contributed by atoms with E-state index in [2.05, 4.69) is 0 Å². The Morgan fingerprint density at radius 1 is 1.06 bits per heavy atom. The lowest BCUT2D eigenvalue weighted by atomic mass is 10.2. The van der Waals surface area contributed by atoms with E-state index in [4.69, 9.17) is 9.11 Å². The highest BCUT2D eigenvalue weighted by Gasteiger charge is 2.26. The normalized spacial score (nSPS) is 12.7. The van der Waals surface area contributed by atoms with Gasteiger partial charge in [0.1, 0.15) is 9.79 Å². The molecule has 6 nitrogen and oxygen atoms in total. The maximum atomic E-state index is 11.1. The molecule has 2 N–H and O–H groups in total. The minimum atomic E-state index is -4.70. The molecular weight excluding hydrogens is 256 g/mol. The van der Waals surface area contributed by atoms with E-state index >= 15 is 0 Å². The molecule has 0 aliphatic carbocycles. The van der Waals surface area contributed by atoms with E-state index in [1.165, 1.54) is 12.1 Å². The molecule has 0 aliphatic rings. The highest BCUT2D eigenvalue weighted by Crippen LogP contribution is 2.24. The van der Waals surface area contributed by atoms with Gasteiger partial charge in [0.15, 0.2) is 0 Å². The Bertz CT molecular complexity index is 599. The molecule has 0 saturated carbocycles. The maximum absolute atomic E-state index is 11.1. The first kappa shape index (κ1) is 13.1. The molecule has 8 heteroatoms. The van der Waals surface area contributed by atoms with Crippen molar-refractivity contribution in [2.45, 2.75) is 23.1 Å². The highest BCUT2D eigenvalue weighted by atomic mass is 32.2. The van der Waals surface area contributed by atoms with Gasteiger partial charge >= 0.3 is 0 Å². The maximum Gasteiger partial charge on any atom is 0.296 e. The van der Waals surface area contributed by atoms with Crippen LogP contribution in [0.15, 0.2) is 28.0 Å². The summed E-state index contributed by atoms with van der Waals surface area (Å²) in [5.74, 6) is 0. The van der Waals surface area contributed by atoms with Crippen LogP contribution in [0.2, 0.25) is 0 Å². The lowest BCUT2D eigenvalue weighted by molar-refractivity contribution is 0.465. The number of hydrogen-bond donors (Lipinski definition) is 2. The lowest BCUT2D eigenvalue weighted by Gasteiger charge is -2.08. The van der Waals surface area contributed by atoms with E-state index < -0.39 is 30.0 Å². The molecule has 0 aliphatic heterocycles. The third-order valence-electron chi connectivity index (χ3n) is 1.98. The van der Waals surface area contributed by atoms with Crippen LogP contribution in [0.3, 0.4) is 0 Å². The molecule has 1 aromatic carbocycles. The second kappa shape index (κ2) is 4.13. The van der Waals surface area contributed by atoms with Crippen LogP contribution >= 0.6 is 0 Å². The molecule has 0 aromatic heterocycles. The van der Waals surface area contributed by atoms with Gasteiger partial charge in [-0.2, -0.15) is 16.8 Å². The highest BCUT2D eigenvalue weighted by molar-refractivity contribution is 7.89. The summed E-state index contributed by atoms with van der Waals surface area (Å²) in [6.07, 6.45) is 0.207. The van der Waals surface area contributed by atoms with Gasteiger partial charge in [0, 0.05) is 0 Å². The van der Waals surface area contributed by atoms with E-state index in [-0.39, 0.29) is 12.0 Å². The molecular formula is C8H10O6S2. The van der Waals surface area contributed by atoms with Gasteiger partial charge in [-0.1, -0.05) is 19.1 Å². The fraction of sp³-hybridized carbons (Fsp3) is 0.250. The third kappa shape index (κ3) is 2.59. The van der Waals surface area contributed by atoms with Crippen molar-refractivity contribution >= 4 is 20.2 Å². The fourth-order valence-electron chi connectivity index (χ4n) is 1.34. The molecule has 0 spiro atoms. The first-order chi connectivity index (χ1) is 7.18. The Kier molecular flexibility index (Phi) is 3.38. The largest absolute Gasteiger partial charge is 0.296 e. The van der Waals surface area contributed by atoms with Gasteiger partial charge < -0.3 is 0 Å². The van der Waals surface area contributed by atoms with Gasteiger partial charge in [0.25, 0.3) is 20.2 Å². The Hall–Kier alpha value is -0.960. The van der Waals surface area contributed by atoms with Gasteiger partial charge in [-0.15, -0.1) is 0 Å². The summed E-state index contributed by atoms with van der Waals surface area (Å²) in [6.45, 7) is 1.60. The van der Waals surface area contributed by atoms with E-state index in [9.17, 15) is 16.8 Å². The van der Waals surface area contributed by atoms with E-state index in [1.807, 2.05) is 0 Å². The summed E-state index contributed by atoms with van der Waals surface area (Å²) in [5.41, 5.74) is 0.123. The molecule has 0 atom stereocenters. The van der Waals surface area contributed by atoms with Gasteiger partial charge in [-0.25, -0.2) is 0 Å². The fourth-order valence-corrected chi connectivity index (χ4v) is 3.45. The van der Waals surface area contributed by atoms with Crippen molar-refractivity contribution in [2.24, 2.45) is 0 Å². The van der Waals surface area contributed by atoms with Crippen molar-refractivity contribution in [2.75, 3.05) is 0 Å².